The molecule has 148 valence electrons. The normalized spacial score (nSPS) is 10.8. The Morgan fingerprint density at radius 1 is 1.21 bits per heavy atom. The lowest BCUT2D eigenvalue weighted by atomic mass is 10.1. The second-order valence-corrected chi connectivity index (χ2v) is 6.41. The van der Waals surface area contributed by atoms with E-state index in [4.69, 9.17) is 17.0 Å². The van der Waals surface area contributed by atoms with Gasteiger partial charge in [0, 0.05) is 0 Å². The number of aryl methyl sites for hydroxylation is 1. The summed E-state index contributed by atoms with van der Waals surface area (Å²) < 4.78 is 11.6. The van der Waals surface area contributed by atoms with Crippen molar-refractivity contribution in [2.75, 3.05) is 7.11 Å². The molecular weight excluding hydrogens is 392 g/mol. The molecule has 8 nitrogen and oxygen atoms in total. The van der Waals surface area contributed by atoms with Gasteiger partial charge in [0.25, 0.3) is 5.56 Å². The van der Waals surface area contributed by atoms with Gasteiger partial charge in [0.05, 0.1) is 18.9 Å². The molecule has 3 aromatic rings. The summed E-state index contributed by atoms with van der Waals surface area (Å²) in [7, 11) is 1.35. The van der Waals surface area contributed by atoms with Gasteiger partial charge in [0.15, 0.2) is 0 Å². The van der Waals surface area contributed by atoms with E-state index in [-0.39, 0.29) is 22.0 Å². The summed E-state index contributed by atoms with van der Waals surface area (Å²) >= 11 is 5.03. The fraction of sp³-hybridized carbons (Fsp3) is 0.150. The summed E-state index contributed by atoms with van der Waals surface area (Å²) in [5.41, 5.74) is 2.09. The van der Waals surface area contributed by atoms with Crippen LogP contribution in [0.1, 0.15) is 27.2 Å². The maximum Gasteiger partial charge on any atom is 0.337 e. The van der Waals surface area contributed by atoms with Crippen molar-refractivity contribution >= 4 is 24.4 Å². The molecule has 0 radical (unpaired) electrons. The summed E-state index contributed by atoms with van der Waals surface area (Å²) in [4.78, 5) is 23.5. The Kier molecular flexibility index (Phi) is 6.30. The molecule has 1 N–H and O–H groups in total. The minimum absolute atomic E-state index is 0.120. The Hall–Kier alpha value is -3.59. The molecule has 0 saturated heterocycles. The molecule has 0 aliphatic rings. The number of rotatable bonds is 6. The fourth-order valence-corrected chi connectivity index (χ4v) is 2.55. The van der Waals surface area contributed by atoms with Gasteiger partial charge in [0.2, 0.25) is 4.77 Å². The van der Waals surface area contributed by atoms with Crippen molar-refractivity contribution in [3.8, 4) is 5.75 Å². The van der Waals surface area contributed by atoms with Gasteiger partial charge in [-0.25, -0.2) is 4.79 Å². The molecule has 0 spiro atoms. The van der Waals surface area contributed by atoms with Crippen molar-refractivity contribution in [3.63, 3.8) is 0 Å². The molecule has 29 heavy (non-hydrogen) atoms. The maximum atomic E-state index is 12.0. The highest BCUT2D eigenvalue weighted by atomic mass is 32.1. The number of esters is 1. The summed E-state index contributed by atoms with van der Waals surface area (Å²) in [5.74, 6) is 0.299. The number of H-pyrrole nitrogens is 1. The molecule has 0 atom stereocenters. The van der Waals surface area contributed by atoms with Gasteiger partial charge < -0.3 is 9.47 Å². The Labute approximate surface area is 171 Å². The van der Waals surface area contributed by atoms with Gasteiger partial charge in [-0.3, -0.25) is 9.89 Å². The van der Waals surface area contributed by atoms with Crippen LogP contribution in [0.2, 0.25) is 0 Å². The molecule has 0 unspecified atom stereocenters. The number of carbonyl (C=O) groups excluding carboxylic acids is 1. The van der Waals surface area contributed by atoms with Crippen molar-refractivity contribution in [2.24, 2.45) is 5.10 Å². The van der Waals surface area contributed by atoms with Crippen molar-refractivity contribution in [3.05, 3.63) is 86.0 Å². The molecule has 3 rings (SSSR count). The number of hydrogen-bond acceptors (Lipinski definition) is 7. The van der Waals surface area contributed by atoms with E-state index in [1.54, 1.807) is 31.2 Å². The molecule has 0 amide bonds. The van der Waals surface area contributed by atoms with E-state index >= 15 is 0 Å². The minimum atomic E-state index is -0.375. The van der Waals surface area contributed by atoms with Crippen LogP contribution in [0, 0.1) is 11.7 Å². The van der Waals surface area contributed by atoms with Crippen molar-refractivity contribution in [1.82, 2.24) is 14.9 Å². The zero-order valence-corrected chi connectivity index (χ0v) is 16.6. The van der Waals surface area contributed by atoms with Crippen LogP contribution < -0.4 is 10.3 Å². The van der Waals surface area contributed by atoms with E-state index in [1.807, 2.05) is 24.3 Å². The van der Waals surface area contributed by atoms with E-state index in [0.29, 0.717) is 17.9 Å². The fourth-order valence-electron chi connectivity index (χ4n) is 2.37. The molecule has 0 fully saturated rings. The first-order valence-electron chi connectivity index (χ1n) is 8.61. The van der Waals surface area contributed by atoms with Crippen molar-refractivity contribution in [1.29, 1.82) is 0 Å². The van der Waals surface area contributed by atoms with Crippen LogP contribution in [0.4, 0.5) is 0 Å². The standard InChI is InChI=1S/C20H18N4O4S/c1-13-18(25)24(20(29)23-22-13)21-11-14-5-9-17(10-6-14)28-12-15-3-7-16(8-4-15)19(26)27-2/h3-11H,12H2,1-2H3,(H,23,29)/b21-11-. The van der Waals surface area contributed by atoms with Crippen molar-refractivity contribution in [2.45, 2.75) is 13.5 Å². The summed E-state index contributed by atoms with van der Waals surface area (Å²) in [6.45, 7) is 1.93. The lowest BCUT2D eigenvalue weighted by Gasteiger charge is -2.07. The first-order chi connectivity index (χ1) is 14.0. The molecule has 0 aliphatic carbocycles. The Bertz CT molecular complexity index is 1150. The lowest BCUT2D eigenvalue weighted by molar-refractivity contribution is 0.0600. The highest BCUT2D eigenvalue weighted by Crippen LogP contribution is 2.14. The van der Waals surface area contributed by atoms with E-state index in [1.165, 1.54) is 13.3 Å². The van der Waals surface area contributed by atoms with Crippen molar-refractivity contribution < 1.29 is 14.3 Å². The van der Waals surface area contributed by atoms with Crippen LogP contribution in [-0.2, 0) is 11.3 Å². The van der Waals surface area contributed by atoms with Crippen LogP contribution in [-0.4, -0.2) is 34.2 Å². The third kappa shape index (κ3) is 5.02. The molecular formula is C20H18N4O4S. The molecule has 1 aromatic heterocycles. The SMILES string of the molecule is COC(=O)c1ccc(COc2ccc(/C=N\n3c(=S)[nH]nc(C)c3=O)cc2)cc1. The molecule has 1 heterocycles. The van der Waals surface area contributed by atoms with Gasteiger partial charge in [-0.2, -0.15) is 14.9 Å². The number of aromatic nitrogens is 3. The molecule has 2 aromatic carbocycles. The summed E-state index contributed by atoms with van der Waals surface area (Å²) in [5, 5.41) is 10.5. The smallest absolute Gasteiger partial charge is 0.337 e. The highest BCUT2D eigenvalue weighted by molar-refractivity contribution is 7.71. The monoisotopic (exact) mass is 410 g/mol. The summed E-state index contributed by atoms with van der Waals surface area (Å²) in [6, 6.07) is 14.2. The second kappa shape index (κ2) is 9.07. The van der Waals surface area contributed by atoms with Gasteiger partial charge >= 0.3 is 5.97 Å². The number of benzene rings is 2. The maximum absolute atomic E-state index is 12.0. The predicted octanol–water partition coefficient (Wildman–Crippen LogP) is 2.86. The Morgan fingerprint density at radius 2 is 1.90 bits per heavy atom. The predicted molar refractivity (Wildman–Crippen MR) is 110 cm³/mol. The number of nitrogens with zero attached hydrogens (tertiary/aromatic N) is 3. The average molecular weight is 410 g/mol. The zero-order valence-electron chi connectivity index (χ0n) is 15.8. The largest absolute Gasteiger partial charge is 0.489 e. The van der Waals surface area contributed by atoms with Crippen LogP contribution in [0.5, 0.6) is 5.75 Å². The number of carbonyl (C=O) groups is 1. The average Bonchev–Trinajstić information content (AvgIpc) is 2.75. The van der Waals surface area contributed by atoms with E-state index in [2.05, 4.69) is 20.0 Å². The Balaban J connectivity index is 1.63. The second-order valence-electron chi connectivity index (χ2n) is 6.02. The molecule has 9 heteroatoms. The summed E-state index contributed by atoms with van der Waals surface area (Å²) in [6.07, 6.45) is 1.53. The minimum Gasteiger partial charge on any atom is -0.489 e. The van der Waals surface area contributed by atoms with Gasteiger partial charge in [-0.05, 0) is 66.7 Å². The van der Waals surface area contributed by atoms with E-state index < -0.39 is 0 Å². The topological polar surface area (TPSA) is 98.6 Å². The first-order valence-corrected chi connectivity index (χ1v) is 9.01. The molecule has 0 saturated carbocycles. The Morgan fingerprint density at radius 3 is 2.55 bits per heavy atom. The molecule has 0 bridgehead atoms. The van der Waals surface area contributed by atoms with Gasteiger partial charge in [-0.15, -0.1) is 0 Å². The van der Waals surface area contributed by atoms with Crippen LogP contribution >= 0.6 is 12.2 Å². The lowest BCUT2D eigenvalue weighted by Crippen LogP contribution is -2.22. The third-order valence-corrected chi connectivity index (χ3v) is 4.26. The van der Waals surface area contributed by atoms with E-state index in [0.717, 1.165) is 15.8 Å². The van der Waals surface area contributed by atoms with Crippen LogP contribution in [0.3, 0.4) is 0 Å². The number of ether oxygens (including phenoxy) is 2. The van der Waals surface area contributed by atoms with Crippen LogP contribution in [0.15, 0.2) is 58.4 Å². The molecule has 0 aliphatic heterocycles. The third-order valence-electron chi connectivity index (χ3n) is 4.00. The van der Waals surface area contributed by atoms with Gasteiger partial charge in [-0.1, -0.05) is 12.1 Å². The number of aromatic amines is 1. The van der Waals surface area contributed by atoms with E-state index in [9.17, 15) is 9.59 Å². The highest BCUT2D eigenvalue weighted by Gasteiger charge is 2.05. The number of nitrogens with one attached hydrogen (secondary N) is 1. The zero-order chi connectivity index (χ0) is 20.8. The van der Waals surface area contributed by atoms with Crippen LogP contribution in [0.25, 0.3) is 0 Å². The quantitative estimate of drug-likeness (QED) is 0.381. The number of methoxy groups -OCH3 is 1. The first kappa shape index (κ1) is 20.2. The van der Waals surface area contributed by atoms with Gasteiger partial charge in [0.1, 0.15) is 18.1 Å². The number of hydrogen-bond donors (Lipinski definition) is 1.